The summed E-state index contributed by atoms with van der Waals surface area (Å²) in [6, 6.07) is -0.796. The molecule has 1 saturated carbocycles. The van der Waals surface area contributed by atoms with E-state index < -0.39 is 12.0 Å². The molecule has 0 saturated heterocycles. The summed E-state index contributed by atoms with van der Waals surface area (Å²) in [6.07, 6.45) is 1.40. The Morgan fingerprint density at radius 3 is 2.59 bits per heavy atom. The number of amides is 1. The van der Waals surface area contributed by atoms with E-state index in [2.05, 4.69) is 5.32 Å². The molecule has 0 bridgehead atoms. The molecule has 2 N–H and O–H groups in total. The smallest absolute Gasteiger partial charge is 0.326 e. The number of hydrogen-bond acceptors (Lipinski definition) is 3. The molecular weight excluding hydrogens is 222 g/mol. The van der Waals surface area contributed by atoms with Gasteiger partial charge in [-0.1, -0.05) is 20.3 Å². The molecule has 5 nitrogen and oxygen atoms in total. The minimum atomic E-state index is -0.971. The van der Waals surface area contributed by atoms with E-state index in [1.165, 1.54) is 0 Å². The average Bonchev–Trinajstić information content (AvgIpc) is 3.04. The fourth-order valence-corrected chi connectivity index (χ4v) is 1.79. The van der Waals surface area contributed by atoms with Crippen LogP contribution in [0.5, 0.6) is 0 Å². The van der Waals surface area contributed by atoms with Crippen molar-refractivity contribution in [2.75, 3.05) is 6.61 Å². The number of carboxylic acid groups (broad SMARTS) is 1. The van der Waals surface area contributed by atoms with Crippen LogP contribution in [-0.4, -0.2) is 35.7 Å². The molecule has 0 aromatic heterocycles. The molecular formula is C12H21NO4. The first-order valence-corrected chi connectivity index (χ1v) is 6.16. The van der Waals surface area contributed by atoms with Gasteiger partial charge < -0.3 is 15.2 Å². The summed E-state index contributed by atoms with van der Waals surface area (Å²) in [4.78, 5) is 22.8. The van der Waals surface area contributed by atoms with Crippen molar-refractivity contribution in [2.45, 2.75) is 45.8 Å². The summed E-state index contributed by atoms with van der Waals surface area (Å²) >= 11 is 0. The number of carbonyl (C=O) groups is 2. The van der Waals surface area contributed by atoms with Crippen molar-refractivity contribution in [1.82, 2.24) is 5.32 Å². The Kier molecular flexibility index (Phi) is 4.93. The van der Waals surface area contributed by atoms with E-state index >= 15 is 0 Å². The zero-order valence-electron chi connectivity index (χ0n) is 10.6. The average molecular weight is 243 g/mol. The van der Waals surface area contributed by atoms with Crippen molar-refractivity contribution >= 4 is 11.9 Å². The molecule has 5 heteroatoms. The molecule has 0 heterocycles. The van der Waals surface area contributed by atoms with Crippen molar-refractivity contribution in [2.24, 2.45) is 11.8 Å². The van der Waals surface area contributed by atoms with Gasteiger partial charge in [0.05, 0.1) is 12.0 Å². The quantitative estimate of drug-likeness (QED) is 0.700. The first kappa shape index (κ1) is 14.0. The third-order valence-corrected chi connectivity index (χ3v) is 3.23. The maximum Gasteiger partial charge on any atom is 0.326 e. The lowest BCUT2D eigenvalue weighted by Gasteiger charge is -2.20. The highest BCUT2D eigenvalue weighted by Gasteiger charge is 2.45. The van der Waals surface area contributed by atoms with Gasteiger partial charge >= 0.3 is 5.97 Å². The van der Waals surface area contributed by atoms with Crippen LogP contribution in [0.4, 0.5) is 0 Å². The highest BCUT2D eigenvalue weighted by Crippen LogP contribution is 2.34. The number of aliphatic carboxylic acids is 1. The molecule has 1 amide bonds. The fraction of sp³-hybridized carbons (Fsp3) is 0.833. The van der Waals surface area contributed by atoms with Crippen LogP contribution in [0.3, 0.4) is 0 Å². The Bertz CT molecular complexity index is 292. The van der Waals surface area contributed by atoms with Crippen LogP contribution in [0.1, 0.15) is 33.6 Å². The lowest BCUT2D eigenvalue weighted by molar-refractivity contribution is -0.143. The second-order valence-electron chi connectivity index (χ2n) is 4.55. The molecule has 0 aromatic rings. The zero-order chi connectivity index (χ0) is 13.0. The maximum absolute atomic E-state index is 11.8. The third-order valence-electron chi connectivity index (χ3n) is 3.23. The molecule has 1 rings (SSSR count). The molecule has 1 fully saturated rings. The normalized spacial score (nSPS) is 26.1. The monoisotopic (exact) mass is 243 g/mol. The molecule has 4 atom stereocenters. The van der Waals surface area contributed by atoms with E-state index in [9.17, 15) is 9.59 Å². The van der Waals surface area contributed by atoms with E-state index in [-0.39, 0.29) is 23.8 Å². The lowest BCUT2D eigenvalue weighted by atomic mass is 9.99. The third kappa shape index (κ3) is 3.70. The largest absolute Gasteiger partial charge is 0.480 e. The number of nitrogens with one attached hydrogen (secondary N) is 1. The Hall–Kier alpha value is -1.10. The van der Waals surface area contributed by atoms with Crippen LogP contribution in [0.2, 0.25) is 0 Å². The SMILES string of the molecule is CCOC1CC1C(=O)N[C@H](C(=O)O)[C@@H](C)CC. The van der Waals surface area contributed by atoms with Crippen molar-refractivity contribution < 1.29 is 19.4 Å². The van der Waals surface area contributed by atoms with Crippen LogP contribution < -0.4 is 5.32 Å². The summed E-state index contributed by atoms with van der Waals surface area (Å²) in [5.41, 5.74) is 0. The van der Waals surface area contributed by atoms with Crippen molar-refractivity contribution in [3.63, 3.8) is 0 Å². The van der Waals surface area contributed by atoms with Gasteiger partial charge in [0.2, 0.25) is 5.91 Å². The van der Waals surface area contributed by atoms with Gasteiger partial charge in [-0.25, -0.2) is 4.79 Å². The zero-order valence-corrected chi connectivity index (χ0v) is 10.6. The topological polar surface area (TPSA) is 75.6 Å². The highest BCUT2D eigenvalue weighted by atomic mass is 16.5. The van der Waals surface area contributed by atoms with Crippen LogP contribution in [0.25, 0.3) is 0 Å². The summed E-state index contributed by atoms with van der Waals surface area (Å²) in [6.45, 7) is 6.20. The maximum atomic E-state index is 11.8. The molecule has 0 spiro atoms. The van der Waals surface area contributed by atoms with E-state index in [0.717, 1.165) is 6.42 Å². The van der Waals surface area contributed by atoms with Gasteiger partial charge in [0.15, 0.2) is 0 Å². The summed E-state index contributed by atoms with van der Waals surface area (Å²) in [7, 11) is 0. The summed E-state index contributed by atoms with van der Waals surface area (Å²) in [5, 5.41) is 11.6. The second-order valence-corrected chi connectivity index (χ2v) is 4.55. The van der Waals surface area contributed by atoms with Gasteiger partial charge in [0.25, 0.3) is 0 Å². The Morgan fingerprint density at radius 2 is 2.12 bits per heavy atom. The predicted molar refractivity (Wildman–Crippen MR) is 62.5 cm³/mol. The summed E-state index contributed by atoms with van der Waals surface area (Å²) in [5.74, 6) is -1.40. The van der Waals surface area contributed by atoms with E-state index in [4.69, 9.17) is 9.84 Å². The van der Waals surface area contributed by atoms with Gasteiger partial charge in [0.1, 0.15) is 6.04 Å². The minimum Gasteiger partial charge on any atom is -0.480 e. The van der Waals surface area contributed by atoms with Gasteiger partial charge in [-0.15, -0.1) is 0 Å². The van der Waals surface area contributed by atoms with Gasteiger partial charge in [-0.2, -0.15) is 0 Å². The molecule has 98 valence electrons. The number of carboxylic acids is 1. The van der Waals surface area contributed by atoms with Crippen LogP contribution >= 0.6 is 0 Å². The van der Waals surface area contributed by atoms with E-state index in [0.29, 0.717) is 13.0 Å². The number of ether oxygens (including phenoxy) is 1. The number of carbonyl (C=O) groups excluding carboxylic acids is 1. The standard InChI is InChI=1S/C12H21NO4/c1-4-7(3)10(12(15)16)13-11(14)8-6-9(8)17-5-2/h7-10H,4-6H2,1-3H3,(H,13,14)(H,15,16)/t7-,8?,9?,10-/m0/s1. The van der Waals surface area contributed by atoms with Crippen molar-refractivity contribution in [1.29, 1.82) is 0 Å². The van der Waals surface area contributed by atoms with Gasteiger partial charge in [-0.3, -0.25) is 4.79 Å². The molecule has 2 unspecified atom stereocenters. The Morgan fingerprint density at radius 1 is 1.47 bits per heavy atom. The van der Waals surface area contributed by atoms with E-state index in [1.807, 2.05) is 20.8 Å². The Labute approximate surface area is 102 Å². The van der Waals surface area contributed by atoms with Gasteiger partial charge in [0, 0.05) is 6.61 Å². The molecule has 1 aliphatic carbocycles. The first-order valence-electron chi connectivity index (χ1n) is 6.16. The predicted octanol–water partition coefficient (Wildman–Crippen LogP) is 1.03. The molecule has 1 aliphatic rings. The van der Waals surface area contributed by atoms with Crippen LogP contribution in [0.15, 0.2) is 0 Å². The second kappa shape index (κ2) is 6.00. The van der Waals surface area contributed by atoms with Crippen molar-refractivity contribution in [3.05, 3.63) is 0 Å². The first-order chi connectivity index (χ1) is 8.01. The number of rotatable bonds is 7. The lowest BCUT2D eigenvalue weighted by Crippen LogP contribution is -2.46. The van der Waals surface area contributed by atoms with E-state index in [1.54, 1.807) is 0 Å². The van der Waals surface area contributed by atoms with Gasteiger partial charge in [-0.05, 0) is 19.3 Å². The molecule has 0 radical (unpaired) electrons. The van der Waals surface area contributed by atoms with Crippen LogP contribution in [0, 0.1) is 11.8 Å². The van der Waals surface area contributed by atoms with Crippen LogP contribution in [-0.2, 0) is 14.3 Å². The molecule has 0 aliphatic heterocycles. The molecule has 0 aromatic carbocycles. The highest BCUT2D eigenvalue weighted by molar-refractivity contribution is 5.87. The molecule has 17 heavy (non-hydrogen) atoms. The summed E-state index contributed by atoms with van der Waals surface area (Å²) < 4.78 is 5.31. The Balaban J connectivity index is 2.46. The van der Waals surface area contributed by atoms with Crippen molar-refractivity contribution in [3.8, 4) is 0 Å². The fourth-order valence-electron chi connectivity index (χ4n) is 1.79. The minimum absolute atomic E-state index is 0.0219. The number of hydrogen-bond donors (Lipinski definition) is 2.